The number of nitrogens with two attached hydrogens (primary N) is 1. The SMILES string of the molecule is Cc1cc(C(N)COc2ccc(Cl)cc2)cs1. The highest BCUT2D eigenvalue weighted by Crippen LogP contribution is 2.21. The van der Waals surface area contributed by atoms with E-state index in [0.717, 1.165) is 11.3 Å². The molecule has 0 radical (unpaired) electrons. The molecule has 0 spiro atoms. The maximum Gasteiger partial charge on any atom is 0.119 e. The summed E-state index contributed by atoms with van der Waals surface area (Å²) in [5.74, 6) is 0.789. The molecule has 90 valence electrons. The molecule has 1 aromatic carbocycles. The van der Waals surface area contributed by atoms with Crippen molar-refractivity contribution in [3.63, 3.8) is 0 Å². The Labute approximate surface area is 110 Å². The van der Waals surface area contributed by atoms with Crippen molar-refractivity contribution < 1.29 is 4.74 Å². The lowest BCUT2D eigenvalue weighted by Crippen LogP contribution is -2.18. The van der Waals surface area contributed by atoms with Crippen LogP contribution in [0.2, 0.25) is 5.02 Å². The van der Waals surface area contributed by atoms with E-state index in [4.69, 9.17) is 22.1 Å². The third-order valence-corrected chi connectivity index (χ3v) is 3.55. The van der Waals surface area contributed by atoms with Gasteiger partial charge >= 0.3 is 0 Å². The molecule has 0 bridgehead atoms. The quantitative estimate of drug-likeness (QED) is 0.915. The van der Waals surface area contributed by atoms with E-state index in [9.17, 15) is 0 Å². The molecule has 17 heavy (non-hydrogen) atoms. The van der Waals surface area contributed by atoms with Gasteiger partial charge in [-0.05, 0) is 48.2 Å². The molecule has 0 saturated carbocycles. The minimum absolute atomic E-state index is 0.0874. The van der Waals surface area contributed by atoms with Crippen LogP contribution in [-0.2, 0) is 0 Å². The molecule has 0 fully saturated rings. The van der Waals surface area contributed by atoms with E-state index in [0.29, 0.717) is 11.6 Å². The molecule has 0 aliphatic carbocycles. The summed E-state index contributed by atoms with van der Waals surface area (Å²) in [5, 5.41) is 2.78. The van der Waals surface area contributed by atoms with Crippen LogP contribution < -0.4 is 10.5 Å². The van der Waals surface area contributed by atoms with Gasteiger partial charge in [-0.1, -0.05) is 11.6 Å². The second kappa shape index (κ2) is 5.54. The van der Waals surface area contributed by atoms with Crippen LogP contribution in [0.25, 0.3) is 0 Å². The van der Waals surface area contributed by atoms with E-state index in [1.165, 1.54) is 4.88 Å². The van der Waals surface area contributed by atoms with Crippen LogP contribution >= 0.6 is 22.9 Å². The first kappa shape index (κ1) is 12.4. The molecule has 2 N–H and O–H groups in total. The fraction of sp³-hybridized carbons (Fsp3) is 0.231. The standard InChI is InChI=1S/C13H14ClNOS/c1-9-6-10(8-17-9)13(15)7-16-12-4-2-11(14)3-5-12/h2-6,8,13H,7,15H2,1H3. The maximum absolute atomic E-state index is 6.04. The predicted octanol–water partition coefficient (Wildman–Crippen LogP) is 3.79. The highest BCUT2D eigenvalue weighted by Gasteiger charge is 2.08. The van der Waals surface area contributed by atoms with E-state index in [-0.39, 0.29) is 6.04 Å². The summed E-state index contributed by atoms with van der Waals surface area (Å²) in [6, 6.07) is 9.30. The second-order valence-corrected chi connectivity index (χ2v) is 5.41. The van der Waals surface area contributed by atoms with Crippen LogP contribution in [0.5, 0.6) is 5.75 Å². The monoisotopic (exact) mass is 267 g/mol. The Morgan fingerprint density at radius 3 is 2.65 bits per heavy atom. The minimum Gasteiger partial charge on any atom is -0.492 e. The van der Waals surface area contributed by atoms with Crippen molar-refractivity contribution in [1.29, 1.82) is 0 Å². The minimum atomic E-state index is -0.0874. The van der Waals surface area contributed by atoms with Crippen molar-refractivity contribution in [3.8, 4) is 5.75 Å². The summed E-state index contributed by atoms with van der Waals surface area (Å²) in [4.78, 5) is 1.27. The van der Waals surface area contributed by atoms with Crippen molar-refractivity contribution >= 4 is 22.9 Å². The van der Waals surface area contributed by atoms with Gasteiger partial charge in [0, 0.05) is 9.90 Å². The fourth-order valence-corrected chi connectivity index (χ4v) is 2.37. The van der Waals surface area contributed by atoms with Gasteiger partial charge in [-0.2, -0.15) is 0 Å². The molecule has 1 heterocycles. The summed E-state index contributed by atoms with van der Waals surface area (Å²) in [6.07, 6.45) is 0. The second-order valence-electron chi connectivity index (χ2n) is 3.86. The number of hydrogen-bond donors (Lipinski definition) is 1. The van der Waals surface area contributed by atoms with Crippen LogP contribution in [0.1, 0.15) is 16.5 Å². The van der Waals surface area contributed by atoms with Crippen LogP contribution in [0.4, 0.5) is 0 Å². The number of benzene rings is 1. The van der Waals surface area contributed by atoms with E-state index >= 15 is 0 Å². The van der Waals surface area contributed by atoms with Crippen molar-refractivity contribution in [3.05, 3.63) is 51.2 Å². The number of hydrogen-bond acceptors (Lipinski definition) is 3. The van der Waals surface area contributed by atoms with E-state index in [2.05, 4.69) is 18.4 Å². The van der Waals surface area contributed by atoms with Gasteiger partial charge < -0.3 is 10.5 Å². The summed E-state index contributed by atoms with van der Waals surface area (Å²) >= 11 is 7.50. The highest BCUT2D eigenvalue weighted by atomic mass is 35.5. The van der Waals surface area contributed by atoms with E-state index < -0.39 is 0 Å². The first-order valence-corrected chi connectivity index (χ1v) is 6.60. The van der Waals surface area contributed by atoms with Crippen LogP contribution in [0.15, 0.2) is 35.7 Å². The summed E-state index contributed by atoms with van der Waals surface area (Å²) in [5.41, 5.74) is 7.17. The van der Waals surface area contributed by atoms with Crippen molar-refractivity contribution in [2.24, 2.45) is 5.73 Å². The van der Waals surface area contributed by atoms with Gasteiger partial charge in [0.05, 0.1) is 6.04 Å². The van der Waals surface area contributed by atoms with Crippen molar-refractivity contribution in [2.45, 2.75) is 13.0 Å². The first-order valence-electron chi connectivity index (χ1n) is 5.34. The Bertz CT molecular complexity index is 480. The molecular formula is C13H14ClNOS. The van der Waals surface area contributed by atoms with Gasteiger partial charge in [0.25, 0.3) is 0 Å². The third kappa shape index (κ3) is 3.46. The molecule has 1 atom stereocenters. The number of halogens is 1. The van der Waals surface area contributed by atoms with Crippen LogP contribution in [0.3, 0.4) is 0 Å². The molecule has 2 aromatic rings. The van der Waals surface area contributed by atoms with Crippen molar-refractivity contribution in [2.75, 3.05) is 6.61 Å². The Kier molecular flexibility index (Phi) is 4.05. The van der Waals surface area contributed by atoms with E-state index in [1.54, 1.807) is 23.5 Å². The van der Waals surface area contributed by atoms with Gasteiger partial charge in [0.1, 0.15) is 12.4 Å². The van der Waals surface area contributed by atoms with Gasteiger partial charge in [-0.25, -0.2) is 0 Å². The van der Waals surface area contributed by atoms with E-state index in [1.807, 2.05) is 12.1 Å². The highest BCUT2D eigenvalue weighted by molar-refractivity contribution is 7.10. The van der Waals surface area contributed by atoms with Gasteiger partial charge in [-0.15, -0.1) is 11.3 Å². The molecule has 0 saturated heterocycles. The van der Waals surface area contributed by atoms with Gasteiger partial charge in [0.15, 0.2) is 0 Å². The normalized spacial score (nSPS) is 12.4. The Morgan fingerprint density at radius 1 is 1.35 bits per heavy atom. The topological polar surface area (TPSA) is 35.2 Å². The number of aryl methyl sites for hydroxylation is 1. The summed E-state index contributed by atoms with van der Waals surface area (Å²) in [6.45, 7) is 2.54. The number of thiophene rings is 1. The lowest BCUT2D eigenvalue weighted by molar-refractivity contribution is 0.291. The average Bonchev–Trinajstić information content (AvgIpc) is 2.75. The Balaban J connectivity index is 1.92. The molecule has 1 aromatic heterocycles. The van der Waals surface area contributed by atoms with Gasteiger partial charge in [0.2, 0.25) is 0 Å². The van der Waals surface area contributed by atoms with Crippen molar-refractivity contribution in [1.82, 2.24) is 0 Å². The Hall–Kier alpha value is -1.03. The Morgan fingerprint density at radius 2 is 2.06 bits per heavy atom. The number of ether oxygens (including phenoxy) is 1. The molecule has 4 heteroatoms. The first-order chi connectivity index (χ1) is 8.15. The molecule has 0 amide bonds. The van der Waals surface area contributed by atoms with Crippen LogP contribution in [-0.4, -0.2) is 6.61 Å². The molecule has 2 nitrogen and oxygen atoms in total. The zero-order valence-electron chi connectivity index (χ0n) is 9.52. The van der Waals surface area contributed by atoms with Gasteiger partial charge in [-0.3, -0.25) is 0 Å². The fourth-order valence-electron chi connectivity index (χ4n) is 1.47. The lowest BCUT2D eigenvalue weighted by Gasteiger charge is -2.11. The number of rotatable bonds is 4. The lowest BCUT2D eigenvalue weighted by atomic mass is 10.2. The molecular weight excluding hydrogens is 254 g/mol. The molecule has 1 unspecified atom stereocenters. The van der Waals surface area contributed by atoms with Crippen LogP contribution in [0, 0.1) is 6.92 Å². The summed E-state index contributed by atoms with van der Waals surface area (Å²) < 4.78 is 5.61. The molecule has 0 aliphatic rings. The zero-order chi connectivity index (χ0) is 12.3. The smallest absolute Gasteiger partial charge is 0.119 e. The third-order valence-electron chi connectivity index (χ3n) is 2.42. The predicted molar refractivity (Wildman–Crippen MR) is 72.9 cm³/mol. The summed E-state index contributed by atoms with van der Waals surface area (Å²) in [7, 11) is 0. The largest absolute Gasteiger partial charge is 0.492 e. The maximum atomic E-state index is 6.04. The molecule has 2 rings (SSSR count). The molecule has 0 aliphatic heterocycles. The zero-order valence-corrected chi connectivity index (χ0v) is 11.1. The average molecular weight is 268 g/mol.